The second-order valence-electron chi connectivity index (χ2n) is 5.78. The molecule has 0 aromatic carbocycles. The number of pyridine rings is 1. The van der Waals surface area contributed by atoms with Crippen LogP contribution in [0, 0.1) is 0 Å². The van der Waals surface area contributed by atoms with Crippen LogP contribution in [-0.2, 0) is 11.2 Å². The monoisotopic (exact) mass is 293 g/mol. The Morgan fingerprint density at radius 1 is 1.33 bits per heavy atom. The third kappa shape index (κ3) is 5.71. The summed E-state index contributed by atoms with van der Waals surface area (Å²) in [6, 6.07) is 3.66. The maximum Gasteiger partial charge on any atom is 0.251 e. The van der Waals surface area contributed by atoms with Crippen LogP contribution in [0.5, 0.6) is 0 Å². The highest BCUT2D eigenvalue weighted by molar-refractivity contribution is 5.95. The van der Waals surface area contributed by atoms with Gasteiger partial charge in [0.15, 0.2) is 0 Å². The molecule has 1 heterocycles. The van der Waals surface area contributed by atoms with Crippen molar-refractivity contribution in [3.63, 3.8) is 0 Å². The molecule has 1 rings (SSSR count). The van der Waals surface area contributed by atoms with Crippen molar-refractivity contribution >= 4 is 11.7 Å². The molecule has 0 unspecified atom stereocenters. The first kappa shape index (κ1) is 17.4. The van der Waals surface area contributed by atoms with Crippen molar-refractivity contribution in [2.45, 2.75) is 46.1 Å². The summed E-state index contributed by atoms with van der Waals surface area (Å²) in [5.74, 6) is 0.647. The molecular weight excluding hydrogens is 266 g/mol. The number of nitrogens with one attached hydrogen (secondary N) is 2. The minimum Gasteiger partial charge on any atom is -0.382 e. The molecule has 5 nitrogen and oxygen atoms in total. The molecule has 0 fully saturated rings. The zero-order valence-corrected chi connectivity index (χ0v) is 13.7. The fourth-order valence-corrected chi connectivity index (χ4v) is 2.15. The lowest BCUT2D eigenvalue weighted by molar-refractivity contribution is 0.0820. The number of anilines is 1. The van der Waals surface area contributed by atoms with E-state index in [1.165, 1.54) is 0 Å². The van der Waals surface area contributed by atoms with Gasteiger partial charge in [-0.1, -0.05) is 13.3 Å². The molecule has 0 bridgehead atoms. The van der Waals surface area contributed by atoms with Gasteiger partial charge in [-0.25, -0.2) is 4.98 Å². The molecule has 0 aliphatic carbocycles. The van der Waals surface area contributed by atoms with Gasteiger partial charge in [0, 0.05) is 24.9 Å². The van der Waals surface area contributed by atoms with Crippen LogP contribution in [0.3, 0.4) is 0 Å². The molecule has 1 amide bonds. The number of hydrogen-bond donors (Lipinski definition) is 2. The van der Waals surface area contributed by atoms with Crippen LogP contribution in [0.15, 0.2) is 12.1 Å². The van der Waals surface area contributed by atoms with E-state index < -0.39 is 5.54 Å². The van der Waals surface area contributed by atoms with Crippen LogP contribution in [0.4, 0.5) is 5.82 Å². The maximum atomic E-state index is 12.4. The molecule has 0 aliphatic rings. The van der Waals surface area contributed by atoms with Gasteiger partial charge in [-0.05, 0) is 39.3 Å². The Kier molecular flexibility index (Phi) is 6.62. The van der Waals surface area contributed by atoms with Crippen molar-refractivity contribution in [1.82, 2.24) is 10.3 Å². The summed E-state index contributed by atoms with van der Waals surface area (Å²) in [5.41, 5.74) is 1.16. The second kappa shape index (κ2) is 7.98. The van der Waals surface area contributed by atoms with Crippen molar-refractivity contribution in [3.05, 3.63) is 23.4 Å². The van der Waals surface area contributed by atoms with E-state index in [0.29, 0.717) is 12.2 Å². The van der Waals surface area contributed by atoms with E-state index in [2.05, 4.69) is 22.5 Å². The highest BCUT2D eigenvalue weighted by Gasteiger charge is 2.21. The van der Waals surface area contributed by atoms with Crippen LogP contribution >= 0.6 is 0 Å². The van der Waals surface area contributed by atoms with Gasteiger partial charge < -0.3 is 15.4 Å². The van der Waals surface area contributed by atoms with Gasteiger partial charge in [-0.2, -0.15) is 0 Å². The summed E-state index contributed by atoms with van der Waals surface area (Å²) in [4.78, 5) is 16.9. The SMILES string of the molecule is CCCc1cc(C(=O)NC(C)(C)COC)cc(NCC)n1. The fourth-order valence-electron chi connectivity index (χ4n) is 2.15. The van der Waals surface area contributed by atoms with Crippen molar-refractivity contribution < 1.29 is 9.53 Å². The highest BCUT2D eigenvalue weighted by atomic mass is 16.5. The number of ether oxygens (including phenoxy) is 1. The molecule has 0 radical (unpaired) electrons. The molecule has 21 heavy (non-hydrogen) atoms. The molecule has 5 heteroatoms. The number of hydrogen-bond acceptors (Lipinski definition) is 4. The summed E-state index contributed by atoms with van der Waals surface area (Å²) < 4.78 is 5.13. The maximum absolute atomic E-state index is 12.4. The third-order valence-electron chi connectivity index (χ3n) is 2.96. The van der Waals surface area contributed by atoms with Gasteiger partial charge in [0.2, 0.25) is 0 Å². The van der Waals surface area contributed by atoms with Crippen molar-refractivity contribution in [2.24, 2.45) is 0 Å². The largest absolute Gasteiger partial charge is 0.382 e. The van der Waals surface area contributed by atoms with Crippen LogP contribution in [-0.4, -0.2) is 36.7 Å². The Hall–Kier alpha value is -1.62. The average molecular weight is 293 g/mol. The summed E-state index contributed by atoms with van der Waals surface area (Å²) >= 11 is 0. The Labute approximate surface area is 127 Å². The first-order valence-corrected chi connectivity index (χ1v) is 7.48. The van der Waals surface area contributed by atoms with E-state index >= 15 is 0 Å². The quantitative estimate of drug-likeness (QED) is 0.773. The lowest BCUT2D eigenvalue weighted by atomic mass is 10.1. The van der Waals surface area contributed by atoms with Crippen molar-refractivity contribution in [2.75, 3.05) is 25.6 Å². The lowest BCUT2D eigenvalue weighted by Gasteiger charge is -2.25. The Bertz CT molecular complexity index is 448. The van der Waals surface area contributed by atoms with Gasteiger partial charge >= 0.3 is 0 Å². The fraction of sp³-hybridized carbons (Fsp3) is 0.625. The standard InChI is InChI=1S/C16H27N3O2/c1-6-8-13-9-12(10-14(18-13)17-7-2)15(20)19-16(3,4)11-21-5/h9-10H,6-8,11H2,1-5H3,(H,17,18)(H,19,20). The second-order valence-corrected chi connectivity index (χ2v) is 5.78. The molecule has 0 atom stereocenters. The van der Waals surface area contributed by atoms with Crippen molar-refractivity contribution in [1.29, 1.82) is 0 Å². The van der Waals surface area contributed by atoms with E-state index in [-0.39, 0.29) is 5.91 Å². The van der Waals surface area contributed by atoms with Gasteiger partial charge in [-0.15, -0.1) is 0 Å². The zero-order valence-electron chi connectivity index (χ0n) is 13.7. The van der Waals surface area contributed by atoms with Crippen LogP contribution < -0.4 is 10.6 Å². The topological polar surface area (TPSA) is 63.2 Å². The first-order valence-electron chi connectivity index (χ1n) is 7.48. The Morgan fingerprint density at radius 2 is 2.05 bits per heavy atom. The predicted octanol–water partition coefficient (Wildman–Crippen LogP) is 2.62. The molecule has 1 aromatic heterocycles. The van der Waals surface area contributed by atoms with Crippen LogP contribution in [0.1, 0.15) is 50.2 Å². The minimum absolute atomic E-state index is 0.101. The Morgan fingerprint density at radius 3 is 2.62 bits per heavy atom. The molecule has 118 valence electrons. The molecule has 0 saturated carbocycles. The van der Waals surface area contributed by atoms with E-state index in [1.54, 1.807) is 13.2 Å². The summed E-state index contributed by atoms with van der Waals surface area (Å²) in [6.07, 6.45) is 1.86. The molecule has 1 aromatic rings. The Balaban J connectivity index is 2.96. The van der Waals surface area contributed by atoms with Crippen LogP contribution in [0.25, 0.3) is 0 Å². The zero-order chi connectivity index (χ0) is 15.9. The predicted molar refractivity (Wildman–Crippen MR) is 85.8 cm³/mol. The van der Waals surface area contributed by atoms with Gasteiger partial charge in [-0.3, -0.25) is 4.79 Å². The third-order valence-corrected chi connectivity index (χ3v) is 2.96. The number of methoxy groups -OCH3 is 1. The molecule has 0 spiro atoms. The van der Waals surface area contributed by atoms with E-state index in [0.717, 1.165) is 30.9 Å². The smallest absolute Gasteiger partial charge is 0.251 e. The molecule has 2 N–H and O–H groups in total. The van der Waals surface area contributed by atoms with Crippen LogP contribution in [0.2, 0.25) is 0 Å². The lowest BCUT2D eigenvalue weighted by Crippen LogP contribution is -2.46. The normalized spacial score (nSPS) is 11.3. The number of nitrogens with zero attached hydrogens (tertiary/aromatic N) is 1. The number of carbonyl (C=O) groups is 1. The van der Waals surface area contributed by atoms with Gasteiger partial charge in [0.25, 0.3) is 5.91 Å². The van der Waals surface area contributed by atoms with E-state index in [4.69, 9.17) is 4.74 Å². The highest BCUT2D eigenvalue weighted by Crippen LogP contribution is 2.14. The van der Waals surface area contributed by atoms with Gasteiger partial charge in [0.05, 0.1) is 12.1 Å². The van der Waals surface area contributed by atoms with Gasteiger partial charge in [0.1, 0.15) is 5.82 Å². The van der Waals surface area contributed by atoms with Crippen molar-refractivity contribution in [3.8, 4) is 0 Å². The number of rotatable bonds is 8. The van der Waals surface area contributed by atoms with E-state index in [1.807, 2.05) is 26.8 Å². The summed E-state index contributed by atoms with van der Waals surface area (Å²) in [7, 11) is 1.63. The molecule has 0 aliphatic heterocycles. The molecular formula is C16H27N3O2. The number of aryl methyl sites for hydroxylation is 1. The first-order chi connectivity index (χ1) is 9.91. The number of carbonyl (C=O) groups excluding carboxylic acids is 1. The number of aromatic nitrogens is 1. The minimum atomic E-state index is -0.404. The number of amides is 1. The summed E-state index contributed by atoms with van der Waals surface area (Å²) in [6.45, 7) is 9.23. The van der Waals surface area contributed by atoms with E-state index in [9.17, 15) is 4.79 Å². The summed E-state index contributed by atoms with van der Waals surface area (Å²) in [5, 5.41) is 6.17. The molecule has 0 saturated heterocycles. The average Bonchev–Trinajstić information content (AvgIpc) is 2.38.